The Morgan fingerprint density at radius 3 is 2.74 bits per heavy atom. The zero-order valence-electron chi connectivity index (χ0n) is 25.2. The quantitative estimate of drug-likeness (QED) is 0.306. The molecule has 0 spiro atoms. The molecule has 1 aromatic heterocycles. The molecule has 8 heteroatoms. The van der Waals surface area contributed by atoms with Crippen molar-refractivity contribution in [1.82, 2.24) is 25.4 Å². The lowest BCUT2D eigenvalue weighted by atomic mass is 9.86. The van der Waals surface area contributed by atoms with Gasteiger partial charge < -0.3 is 10.6 Å². The molecule has 2 aliphatic carbocycles. The molecule has 2 fully saturated rings. The van der Waals surface area contributed by atoms with Gasteiger partial charge >= 0.3 is 0 Å². The van der Waals surface area contributed by atoms with E-state index in [9.17, 15) is 13.6 Å². The highest BCUT2D eigenvalue weighted by molar-refractivity contribution is 5.79. The van der Waals surface area contributed by atoms with E-state index in [4.69, 9.17) is 4.98 Å². The Balaban J connectivity index is 1.24. The number of fused-ring (bicyclic) bond motifs is 1. The number of alkyl halides is 2. The minimum Gasteiger partial charge on any atom is -0.348 e. The van der Waals surface area contributed by atoms with Crippen molar-refractivity contribution in [2.24, 2.45) is 5.92 Å². The molecule has 1 amide bonds. The van der Waals surface area contributed by atoms with E-state index in [-0.39, 0.29) is 43.6 Å². The van der Waals surface area contributed by atoms with E-state index in [0.717, 1.165) is 51.1 Å². The second-order valence-electron chi connectivity index (χ2n) is 12.7. The van der Waals surface area contributed by atoms with Gasteiger partial charge in [0.05, 0.1) is 17.8 Å². The van der Waals surface area contributed by atoms with Crippen LogP contribution in [0.2, 0.25) is 0 Å². The number of aryl methyl sites for hydroxylation is 1. The van der Waals surface area contributed by atoms with Crippen LogP contribution in [0.25, 0.3) is 0 Å². The number of hydrogen-bond acceptors (Lipinski definition) is 5. The van der Waals surface area contributed by atoms with E-state index in [1.54, 1.807) is 0 Å². The summed E-state index contributed by atoms with van der Waals surface area (Å²) in [5.74, 6) is -3.06. The third-order valence-electron chi connectivity index (χ3n) is 9.50. The Morgan fingerprint density at radius 1 is 1.14 bits per heavy atom. The van der Waals surface area contributed by atoms with Crippen LogP contribution in [0.15, 0.2) is 48.7 Å². The smallest absolute Gasteiger partial charge is 0.248 e. The number of aromatic nitrogens is 1. The van der Waals surface area contributed by atoms with Gasteiger partial charge in [-0.25, -0.2) is 8.78 Å². The predicted octanol–water partition coefficient (Wildman–Crippen LogP) is 5.91. The van der Waals surface area contributed by atoms with Crippen LogP contribution in [0.5, 0.6) is 0 Å². The van der Waals surface area contributed by atoms with Gasteiger partial charge in [-0.3, -0.25) is 19.6 Å². The number of rotatable bonds is 12. The van der Waals surface area contributed by atoms with E-state index in [2.05, 4.69) is 51.6 Å². The molecule has 1 saturated heterocycles. The summed E-state index contributed by atoms with van der Waals surface area (Å²) in [7, 11) is 0. The minimum atomic E-state index is -2.63. The topological polar surface area (TPSA) is 60.5 Å². The van der Waals surface area contributed by atoms with Gasteiger partial charge in [-0.05, 0) is 62.3 Å². The van der Waals surface area contributed by atoms with Gasteiger partial charge in [0.2, 0.25) is 11.8 Å². The fraction of sp³-hybridized carbons (Fsp3) is 0.647. The third kappa shape index (κ3) is 8.35. The lowest BCUT2D eigenvalue weighted by Crippen LogP contribution is -2.56. The van der Waals surface area contributed by atoms with Crippen molar-refractivity contribution >= 4 is 5.91 Å². The number of unbranched alkanes of at least 4 members (excludes halogenated alkanes) is 2. The summed E-state index contributed by atoms with van der Waals surface area (Å²) >= 11 is 0. The zero-order valence-corrected chi connectivity index (χ0v) is 25.2. The van der Waals surface area contributed by atoms with Gasteiger partial charge in [-0.1, -0.05) is 56.2 Å². The Hall–Kier alpha value is -2.42. The van der Waals surface area contributed by atoms with Crippen molar-refractivity contribution in [3.63, 3.8) is 0 Å². The molecule has 6 nitrogen and oxygen atoms in total. The highest BCUT2D eigenvalue weighted by Gasteiger charge is 2.38. The first-order valence-electron chi connectivity index (χ1n) is 16.3. The number of piperazine rings is 1. The molecule has 2 heterocycles. The Kier molecular flexibility index (Phi) is 11.0. The molecule has 1 aliphatic heterocycles. The number of carbonyl (C=O) groups excluding carboxylic acids is 1. The van der Waals surface area contributed by atoms with E-state index < -0.39 is 5.92 Å². The molecule has 1 aromatic carbocycles. The standard InChI is InChI=1S/C34H49F2N5O/c1-2-3-7-21-41(31-14-8-12-27-13-9-19-38-32(27)31)24-29-23-40(22-20-37-29)25-30(26-10-5-4-6-11-26)39-33(42)28-15-17-34(35,36)18-16-28/h4-6,9-11,13,19,28-31,37H,2-3,7-8,12,14-18,20-25H2,1H3,(H,39,42)/t29-,30-,31-/m0/s1. The van der Waals surface area contributed by atoms with Crippen LogP contribution in [0.3, 0.4) is 0 Å². The minimum absolute atomic E-state index is 0.0865. The molecule has 5 rings (SSSR count). The summed E-state index contributed by atoms with van der Waals surface area (Å²) in [6.07, 6.45) is 9.17. The average molecular weight is 582 g/mol. The van der Waals surface area contributed by atoms with Gasteiger partial charge in [-0.15, -0.1) is 0 Å². The van der Waals surface area contributed by atoms with Gasteiger partial charge in [0.15, 0.2) is 0 Å². The number of amides is 1. The summed E-state index contributed by atoms with van der Waals surface area (Å²) < 4.78 is 27.5. The number of halogens is 2. The molecule has 42 heavy (non-hydrogen) atoms. The SMILES string of the molecule is CCCCCN(C[C@@H]1CN(C[C@H](NC(=O)C2CCC(F)(F)CC2)c2ccccc2)CCN1)[C@H]1CCCc2cccnc21. The van der Waals surface area contributed by atoms with Crippen LogP contribution in [0.1, 0.15) is 93.6 Å². The van der Waals surface area contributed by atoms with Gasteiger partial charge in [0.1, 0.15) is 0 Å². The Bertz CT molecular complexity index is 1120. The second kappa shape index (κ2) is 14.8. The monoisotopic (exact) mass is 581 g/mol. The van der Waals surface area contributed by atoms with E-state index in [1.807, 2.05) is 24.4 Å². The summed E-state index contributed by atoms with van der Waals surface area (Å²) in [5, 5.41) is 7.05. The highest BCUT2D eigenvalue weighted by Crippen LogP contribution is 2.37. The summed E-state index contributed by atoms with van der Waals surface area (Å²) in [4.78, 5) is 23.2. The van der Waals surface area contributed by atoms with E-state index in [1.165, 1.54) is 36.9 Å². The number of benzene rings is 1. The molecule has 230 valence electrons. The maximum Gasteiger partial charge on any atom is 0.248 e. The maximum absolute atomic E-state index is 13.7. The molecule has 3 aliphatic rings. The van der Waals surface area contributed by atoms with Crippen molar-refractivity contribution < 1.29 is 13.6 Å². The first kappa shape index (κ1) is 31.0. The second-order valence-corrected chi connectivity index (χ2v) is 12.7. The van der Waals surface area contributed by atoms with E-state index in [0.29, 0.717) is 18.6 Å². The predicted molar refractivity (Wildman–Crippen MR) is 163 cm³/mol. The summed E-state index contributed by atoms with van der Waals surface area (Å²) in [6, 6.07) is 14.9. The number of pyridine rings is 1. The van der Waals surface area contributed by atoms with Crippen molar-refractivity contribution in [2.75, 3.05) is 39.3 Å². The van der Waals surface area contributed by atoms with Gasteiger partial charge in [-0.2, -0.15) is 0 Å². The van der Waals surface area contributed by atoms with Crippen LogP contribution < -0.4 is 10.6 Å². The van der Waals surface area contributed by atoms with Crippen molar-refractivity contribution in [3.8, 4) is 0 Å². The highest BCUT2D eigenvalue weighted by atomic mass is 19.3. The molecular formula is C34H49F2N5O. The molecule has 2 N–H and O–H groups in total. The summed E-state index contributed by atoms with van der Waals surface area (Å²) in [6.45, 7) is 7.74. The molecular weight excluding hydrogens is 532 g/mol. The molecule has 0 bridgehead atoms. The molecule has 1 saturated carbocycles. The molecule has 0 unspecified atom stereocenters. The number of carbonyl (C=O) groups is 1. The number of hydrogen-bond donors (Lipinski definition) is 2. The summed E-state index contributed by atoms with van der Waals surface area (Å²) in [5.41, 5.74) is 3.73. The van der Waals surface area contributed by atoms with Crippen molar-refractivity contribution in [3.05, 3.63) is 65.5 Å². The fourth-order valence-corrected chi connectivity index (χ4v) is 7.11. The van der Waals surface area contributed by atoms with Crippen LogP contribution in [0, 0.1) is 5.92 Å². The van der Waals surface area contributed by atoms with Crippen LogP contribution >= 0.6 is 0 Å². The number of nitrogens with one attached hydrogen (secondary N) is 2. The Labute approximate surface area is 250 Å². The van der Waals surface area contributed by atoms with E-state index >= 15 is 0 Å². The zero-order chi connectivity index (χ0) is 29.4. The number of nitrogens with zero attached hydrogens (tertiary/aromatic N) is 3. The van der Waals surface area contributed by atoms with Crippen molar-refractivity contribution in [2.45, 2.75) is 95.2 Å². The van der Waals surface area contributed by atoms with Gasteiger partial charge in [0, 0.05) is 63.7 Å². The molecule has 2 aromatic rings. The third-order valence-corrected chi connectivity index (χ3v) is 9.50. The molecule has 0 radical (unpaired) electrons. The first-order valence-corrected chi connectivity index (χ1v) is 16.3. The van der Waals surface area contributed by atoms with Crippen LogP contribution in [-0.2, 0) is 11.2 Å². The first-order chi connectivity index (χ1) is 20.4. The fourth-order valence-electron chi connectivity index (χ4n) is 7.11. The van der Waals surface area contributed by atoms with Gasteiger partial charge in [0.25, 0.3) is 0 Å². The Morgan fingerprint density at radius 2 is 1.95 bits per heavy atom. The lowest BCUT2D eigenvalue weighted by Gasteiger charge is -2.41. The lowest BCUT2D eigenvalue weighted by molar-refractivity contribution is -0.130. The van der Waals surface area contributed by atoms with Crippen molar-refractivity contribution in [1.29, 1.82) is 0 Å². The maximum atomic E-state index is 13.7. The van der Waals surface area contributed by atoms with Crippen LogP contribution in [-0.4, -0.2) is 71.9 Å². The largest absolute Gasteiger partial charge is 0.348 e. The van der Waals surface area contributed by atoms with Crippen LogP contribution in [0.4, 0.5) is 8.78 Å². The average Bonchev–Trinajstić information content (AvgIpc) is 3.00. The molecule has 3 atom stereocenters. The normalized spacial score (nSPS) is 23.8.